The molecule has 5 nitrogen and oxygen atoms in total. The van der Waals surface area contributed by atoms with Crippen molar-refractivity contribution in [1.82, 2.24) is 20.4 Å². The van der Waals surface area contributed by atoms with E-state index in [1.165, 1.54) is 31.2 Å². The molecule has 2 rings (SSSR count). The number of aromatic nitrogens is 2. The van der Waals surface area contributed by atoms with Crippen molar-refractivity contribution in [3.8, 4) is 0 Å². The van der Waals surface area contributed by atoms with Crippen molar-refractivity contribution in [3.63, 3.8) is 0 Å². The van der Waals surface area contributed by atoms with E-state index in [0.29, 0.717) is 6.04 Å². The zero-order valence-electron chi connectivity index (χ0n) is 14.0. The fourth-order valence-corrected chi connectivity index (χ4v) is 2.89. The van der Waals surface area contributed by atoms with Crippen LogP contribution >= 0.6 is 24.0 Å². The number of aryl methyl sites for hydroxylation is 2. The Balaban J connectivity index is 0.00000242. The van der Waals surface area contributed by atoms with Gasteiger partial charge in [0.25, 0.3) is 0 Å². The first kappa shape index (κ1) is 19.3. The maximum atomic E-state index is 4.33. The van der Waals surface area contributed by atoms with Gasteiger partial charge < -0.3 is 10.6 Å². The standard InChI is InChI=1S/C16H29N5.HI/c1-13-6-8-15(9-7-13)20-16(17-2)18-10-4-5-14-11-19-21(3)12-14;/h11-13,15H,4-10H2,1-3H3,(H2,17,18,20);1H. The van der Waals surface area contributed by atoms with Crippen LogP contribution in [0.3, 0.4) is 0 Å². The highest BCUT2D eigenvalue weighted by atomic mass is 127. The fraction of sp³-hybridized carbons (Fsp3) is 0.750. The van der Waals surface area contributed by atoms with Crippen LogP contribution in [0.25, 0.3) is 0 Å². The molecule has 0 unspecified atom stereocenters. The van der Waals surface area contributed by atoms with Gasteiger partial charge >= 0.3 is 0 Å². The van der Waals surface area contributed by atoms with Crippen LogP contribution in [-0.4, -0.2) is 35.4 Å². The Hall–Kier alpha value is -0.790. The Morgan fingerprint density at radius 1 is 1.36 bits per heavy atom. The van der Waals surface area contributed by atoms with Gasteiger partial charge in [0.15, 0.2) is 5.96 Å². The fourth-order valence-electron chi connectivity index (χ4n) is 2.89. The van der Waals surface area contributed by atoms with E-state index in [-0.39, 0.29) is 24.0 Å². The molecule has 126 valence electrons. The Morgan fingerprint density at radius 3 is 2.68 bits per heavy atom. The minimum Gasteiger partial charge on any atom is -0.356 e. The summed E-state index contributed by atoms with van der Waals surface area (Å²) in [5.41, 5.74) is 1.29. The number of nitrogens with one attached hydrogen (secondary N) is 2. The molecule has 1 saturated carbocycles. The van der Waals surface area contributed by atoms with Crippen LogP contribution in [0.1, 0.15) is 44.6 Å². The van der Waals surface area contributed by atoms with E-state index in [1.54, 1.807) is 0 Å². The number of halogens is 1. The summed E-state index contributed by atoms with van der Waals surface area (Å²) < 4.78 is 1.85. The first-order chi connectivity index (χ1) is 10.2. The van der Waals surface area contributed by atoms with E-state index in [2.05, 4.69) is 33.8 Å². The zero-order valence-corrected chi connectivity index (χ0v) is 16.3. The Morgan fingerprint density at radius 2 is 2.09 bits per heavy atom. The molecule has 2 N–H and O–H groups in total. The lowest BCUT2D eigenvalue weighted by Crippen LogP contribution is -2.45. The zero-order chi connectivity index (χ0) is 15.1. The highest BCUT2D eigenvalue weighted by molar-refractivity contribution is 14.0. The van der Waals surface area contributed by atoms with Gasteiger partial charge in [-0.1, -0.05) is 6.92 Å². The summed E-state index contributed by atoms with van der Waals surface area (Å²) in [4.78, 5) is 4.33. The maximum Gasteiger partial charge on any atom is 0.191 e. The van der Waals surface area contributed by atoms with Crippen molar-refractivity contribution < 1.29 is 0 Å². The predicted molar refractivity (Wildman–Crippen MR) is 103 cm³/mol. The van der Waals surface area contributed by atoms with Crippen molar-refractivity contribution in [2.24, 2.45) is 18.0 Å². The van der Waals surface area contributed by atoms with Crippen LogP contribution < -0.4 is 10.6 Å². The molecule has 0 atom stereocenters. The molecule has 0 bridgehead atoms. The maximum absolute atomic E-state index is 4.33. The Bertz CT molecular complexity index is 449. The topological polar surface area (TPSA) is 54.2 Å². The van der Waals surface area contributed by atoms with E-state index < -0.39 is 0 Å². The van der Waals surface area contributed by atoms with Crippen LogP contribution in [0.2, 0.25) is 0 Å². The SMILES string of the molecule is CN=C(NCCCc1cnn(C)c1)NC1CCC(C)CC1.I. The highest BCUT2D eigenvalue weighted by Gasteiger charge is 2.18. The van der Waals surface area contributed by atoms with E-state index in [0.717, 1.165) is 31.3 Å². The van der Waals surface area contributed by atoms with Crippen molar-refractivity contribution in [2.75, 3.05) is 13.6 Å². The molecule has 0 amide bonds. The molecule has 1 fully saturated rings. The van der Waals surface area contributed by atoms with Gasteiger partial charge in [-0.25, -0.2) is 0 Å². The average Bonchev–Trinajstić information content (AvgIpc) is 2.90. The largest absolute Gasteiger partial charge is 0.356 e. The molecular weight excluding hydrogens is 389 g/mol. The third kappa shape index (κ3) is 6.54. The van der Waals surface area contributed by atoms with Crippen LogP contribution in [0.5, 0.6) is 0 Å². The summed E-state index contributed by atoms with van der Waals surface area (Å²) in [5.74, 6) is 1.83. The Labute approximate surface area is 151 Å². The second kappa shape index (κ2) is 10.1. The summed E-state index contributed by atoms with van der Waals surface area (Å²) in [7, 11) is 3.81. The van der Waals surface area contributed by atoms with Crippen molar-refractivity contribution >= 4 is 29.9 Å². The van der Waals surface area contributed by atoms with Crippen LogP contribution in [-0.2, 0) is 13.5 Å². The van der Waals surface area contributed by atoms with Gasteiger partial charge in [-0.15, -0.1) is 24.0 Å². The van der Waals surface area contributed by atoms with Gasteiger partial charge in [0.05, 0.1) is 6.20 Å². The van der Waals surface area contributed by atoms with E-state index >= 15 is 0 Å². The third-order valence-corrected chi connectivity index (χ3v) is 4.27. The van der Waals surface area contributed by atoms with Crippen LogP contribution in [0.4, 0.5) is 0 Å². The number of guanidine groups is 1. The molecule has 0 aromatic carbocycles. The second-order valence-electron chi connectivity index (χ2n) is 6.23. The molecule has 0 aliphatic heterocycles. The Kier molecular flexibility index (Phi) is 8.82. The summed E-state index contributed by atoms with van der Waals surface area (Å²) >= 11 is 0. The molecule has 0 radical (unpaired) electrons. The second-order valence-corrected chi connectivity index (χ2v) is 6.23. The summed E-state index contributed by atoms with van der Waals surface area (Å²) in [6.07, 6.45) is 11.3. The smallest absolute Gasteiger partial charge is 0.191 e. The van der Waals surface area contributed by atoms with Crippen molar-refractivity contribution in [1.29, 1.82) is 0 Å². The summed E-state index contributed by atoms with van der Waals surface area (Å²) in [5, 5.41) is 11.2. The molecule has 6 heteroatoms. The third-order valence-electron chi connectivity index (χ3n) is 4.27. The monoisotopic (exact) mass is 419 g/mol. The van der Waals surface area contributed by atoms with Crippen molar-refractivity contribution in [2.45, 2.75) is 51.5 Å². The first-order valence-corrected chi connectivity index (χ1v) is 8.12. The molecular formula is C16H30IN5. The van der Waals surface area contributed by atoms with Gasteiger partial charge in [0, 0.05) is 32.9 Å². The average molecular weight is 419 g/mol. The summed E-state index contributed by atoms with van der Waals surface area (Å²) in [6.45, 7) is 3.29. The molecule has 1 aliphatic carbocycles. The van der Waals surface area contributed by atoms with Gasteiger partial charge in [-0.2, -0.15) is 5.10 Å². The molecule has 22 heavy (non-hydrogen) atoms. The predicted octanol–water partition coefficient (Wildman–Crippen LogP) is 2.71. The number of nitrogens with zero attached hydrogens (tertiary/aromatic N) is 3. The number of hydrogen-bond acceptors (Lipinski definition) is 2. The molecule has 1 aromatic heterocycles. The normalized spacial score (nSPS) is 22.0. The minimum absolute atomic E-state index is 0. The van der Waals surface area contributed by atoms with E-state index in [4.69, 9.17) is 0 Å². The number of hydrogen-bond donors (Lipinski definition) is 2. The van der Waals surface area contributed by atoms with Gasteiger partial charge in [0.1, 0.15) is 0 Å². The molecule has 1 heterocycles. The lowest BCUT2D eigenvalue weighted by Gasteiger charge is -2.28. The van der Waals surface area contributed by atoms with E-state index in [1.807, 2.05) is 25.0 Å². The molecule has 1 aliphatic rings. The number of aliphatic imine (C=N–C) groups is 1. The minimum atomic E-state index is 0. The van der Waals surface area contributed by atoms with Crippen molar-refractivity contribution in [3.05, 3.63) is 18.0 Å². The van der Waals surface area contributed by atoms with Gasteiger partial charge in [-0.3, -0.25) is 9.67 Å². The molecule has 0 spiro atoms. The van der Waals surface area contributed by atoms with Gasteiger partial charge in [0.2, 0.25) is 0 Å². The van der Waals surface area contributed by atoms with Crippen LogP contribution in [0.15, 0.2) is 17.4 Å². The van der Waals surface area contributed by atoms with Crippen LogP contribution in [0, 0.1) is 5.92 Å². The summed E-state index contributed by atoms with van der Waals surface area (Å²) in [6, 6.07) is 0.589. The lowest BCUT2D eigenvalue weighted by molar-refractivity contribution is 0.329. The quantitative estimate of drug-likeness (QED) is 0.334. The molecule has 1 aromatic rings. The lowest BCUT2D eigenvalue weighted by atomic mass is 9.87. The highest BCUT2D eigenvalue weighted by Crippen LogP contribution is 2.23. The molecule has 0 saturated heterocycles. The first-order valence-electron chi connectivity index (χ1n) is 8.12. The van der Waals surface area contributed by atoms with Gasteiger partial charge in [-0.05, 0) is 50.0 Å². The van der Waals surface area contributed by atoms with E-state index in [9.17, 15) is 0 Å². The number of rotatable bonds is 5.